The highest BCUT2D eigenvalue weighted by atomic mass is 35.5. The standard InChI is InChI=1S/C11H10ClN3O2/c1-17-10-4-8(2-3-9(10)12)15-11(16)7-5-13-14-6-7/h2-6H,1H3,(H,13,14)(H,15,16). The Bertz CT molecular complexity index is 526. The van der Waals surface area contributed by atoms with Crippen molar-refractivity contribution in [1.82, 2.24) is 10.2 Å². The Labute approximate surface area is 103 Å². The highest BCUT2D eigenvalue weighted by Crippen LogP contribution is 2.27. The zero-order valence-electron chi connectivity index (χ0n) is 9.03. The van der Waals surface area contributed by atoms with Crippen molar-refractivity contribution in [3.63, 3.8) is 0 Å². The molecule has 88 valence electrons. The minimum atomic E-state index is -0.247. The van der Waals surface area contributed by atoms with Crippen LogP contribution in [0.1, 0.15) is 10.4 Å². The molecule has 5 nitrogen and oxygen atoms in total. The predicted molar refractivity (Wildman–Crippen MR) is 64.5 cm³/mol. The third-order valence-corrected chi connectivity index (χ3v) is 2.48. The average molecular weight is 252 g/mol. The van der Waals surface area contributed by atoms with Gasteiger partial charge in [-0.15, -0.1) is 0 Å². The van der Waals surface area contributed by atoms with Gasteiger partial charge in [-0.3, -0.25) is 9.89 Å². The van der Waals surface area contributed by atoms with E-state index in [-0.39, 0.29) is 5.91 Å². The van der Waals surface area contributed by atoms with Gasteiger partial charge in [-0.1, -0.05) is 11.6 Å². The van der Waals surface area contributed by atoms with Crippen molar-refractivity contribution in [2.45, 2.75) is 0 Å². The Morgan fingerprint density at radius 2 is 2.35 bits per heavy atom. The number of benzene rings is 1. The van der Waals surface area contributed by atoms with Crippen LogP contribution < -0.4 is 10.1 Å². The molecule has 0 atom stereocenters. The van der Waals surface area contributed by atoms with Crippen LogP contribution in [-0.2, 0) is 0 Å². The lowest BCUT2D eigenvalue weighted by Crippen LogP contribution is -2.10. The Hall–Kier alpha value is -2.01. The summed E-state index contributed by atoms with van der Waals surface area (Å²) in [6.45, 7) is 0. The van der Waals surface area contributed by atoms with Crippen molar-refractivity contribution in [2.24, 2.45) is 0 Å². The van der Waals surface area contributed by atoms with Crippen molar-refractivity contribution in [3.05, 3.63) is 41.2 Å². The third kappa shape index (κ3) is 2.57. The van der Waals surface area contributed by atoms with Crippen LogP contribution in [0.2, 0.25) is 5.02 Å². The number of anilines is 1. The van der Waals surface area contributed by atoms with Crippen LogP contribution in [0.15, 0.2) is 30.6 Å². The number of nitrogens with one attached hydrogen (secondary N) is 2. The number of ether oxygens (including phenoxy) is 1. The zero-order valence-corrected chi connectivity index (χ0v) is 9.78. The molecule has 0 aliphatic heterocycles. The number of carbonyl (C=O) groups is 1. The second-order valence-electron chi connectivity index (χ2n) is 3.29. The van der Waals surface area contributed by atoms with Crippen molar-refractivity contribution < 1.29 is 9.53 Å². The van der Waals surface area contributed by atoms with E-state index in [0.29, 0.717) is 22.0 Å². The monoisotopic (exact) mass is 251 g/mol. The molecular formula is C11H10ClN3O2. The van der Waals surface area contributed by atoms with Gasteiger partial charge in [-0.2, -0.15) is 5.10 Å². The number of carbonyl (C=O) groups excluding carboxylic acids is 1. The predicted octanol–water partition coefficient (Wildman–Crippen LogP) is 2.32. The number of nitrogens with zero attached hydrogens (tertiary/aromatic N) is 1. The lowest BCUT2D eigenvalue weighted by molar-refractivity contribution is 0.102. The topological polar surface area (TPSA) is 67.0 Å². The van der Waals surface area contributed by atoms with Crippen molar-refractivity contribution in [2.75, 3.05) is 12.4 Å². The first-order valence-corrected chi connectivity index (χ1v) is 5.22. The summed E-state index contributed by atoms with van der Waals surface area (Å²) in [5.74, 6) is 0.264. The van der Waals surface area contributed by atoms with Gasteiger partial charge in [-0.05, 0) is 12.1 Å². The first-order valence-electron chi connectivity index (χ1n) is 4.84. The molecule has 6 heteroatoms. The van der Waals surface area contributed by atoms with Crippen LogP contribution in [-0.4, -0.2) is 23.2 Å². The lowest BCUT2D eigenvalue weighted by atomic mass is 10.2. The van der Waals surface area contributed by atoms with E-state index in [1.165, 1.54) is 19.5 Å². The number of hydrogen-bond donors (Lipinski definition) is 2. The number of aromatic amines is 1. The van der Waals surface area contributed by atoms with E-state index in [9.17, 15) is 4.79 Å². The van der Waals surface area contributed by atoms with E-state index in [2.05, 4.69) is 15.5 Å². The molecule has 2 aromatic rings. The van der Waals surface area contributed by atoms with E-state index in [4.69, 9.17) is 16.3 Å². The maximum atomic E-state index is 11.7. The van der Waals surface area contributed by atoms with Crippen molar-refractivity contribution in [3.8, 4) is 5.75 Å². The van der Waals surface area contributed by atoms with Crippen molar-refractivity contribution in [1.29, 1.82) is 0 Å². The van der Waals surface area contributed by atoms with Crippen LogP contribution in [0.3, 0.4) is 0 Å². The van der Waals surface area contributed by atoms with E-state index in [1.54, 1.807) is 18.2 Å². The fourth-order valence-corrected chi connectivity index (χ4v) is 1.51. The Morgan fingerprint density at radius 1 is 1.53 bits per heavy atom. The summed E-state index contributed by atoms with van der Waals surface area (Å²) in [5.41, 5.74) is 1.07. The van der Waals surface area contributed by atoms with Crippen LogP contribution in [0.25, 0.3) is 0 Å². The first kappa shape index (κ1) is 11.5. The fraction of sp³-hybridized carbons (Fsp3) is 0.0909. The van der Waals surface area contributed by atoms with E-state index >= 15 is 0 Å². The maximum Gasteiger partial charge on any atom is 0.258 e. The van der Waals surface area contributed by atoms with Crippen LogP contribution >= 0.6 is 11.6 Å². The zero-order chi connectivity index (χ0) is 12.3. The van der Waals surface area contributed by atoms with Gasteiger partial charge in [-0.25, -0.2) is 0 Å². The van der Waals surface area contributed by atoms with Crippen LogP contribution in [0.5, 0.6) is 5.75 Å². The largest absolute Gasteiger partial charge is 0.495 e. The maximum absolute atomic E-state index is 11.7. The van der Waals surface area contributed by atoms with E-state index in [1.807, 2.05) is 0 Å². The smallest absolute Gasteiger partial charge is 0.258 e. The molecule has 17 heavy (non-hydrogen) atoms. The summed E-state index contributed by atoms with van der Waals surface area (Å²) < 4.78 is 5.06. The summed E-state index contributed by atoms with van der Waals surface area (Å²) in [6, 6.07) is 5.01. The number of H-pyrrole nitrogens is 1. The molecule has 1 heterocycles. The highest BCUT2D eigenvalue weighted by Gasteiger charge is 2.08. The average Bonchev–Trinajstić information content (AvgIpc) is 2.85. The molecule has 2 rings (SSSR count). The van der Waals surface area contributed by atoms with Gasteiger partial charge in [0.15, 0.2) is 0 Å². The summed E-state index contributed by atoms with van der Waals surface area (Å²) in [7, 11) is 1.52. The van der Waals surface area contributed by atoms with Gasteiger partial charge >= 0.3 is 0 Å². The second kappa shape index (κ2) is 4.88. The SMILES string of the molecule is COc1cc(NC(=O)c2cn[nH]c2)ccc1Cl. The molecule has 1 amide bonds. The van der Waals surface area contributed by atoms with Crippen LogP contribution in [0, 0.1) is 0 Å². The number of hydrogen-bond acceptors (Lipinski definition) is 3. The second-order valence-corrected chi connectivity index (χ2v) is 3.70. The minimum Gasteiger partial charge on any atom is -0.495 e. The van der Waals surface area contributed by atoms with Gasteiger partial charge < -0.3 is 10.1 Å². The Kier molecular flexibility index (Phi) is 3.30. The van der Waals surface area contributed by atoms with Gasteiger partial charge in [0.05, 0.1) is 23.9 Å². The molecule has 0 saturated heterocycles. The number of rotatable bonds is 3. The highest BCUT2D eigenvalue weighted by molar-refractivity contribution is 6.32. The van der Waals surface area contributed by atoms with Gasteiger partial charge in [0.25, 0.3) is 5.91 Å². The molecule has 0 fully saturated rings. The van der Waals surface area contributed by atoms with Crippen molar-refractivity contribution >= 4 is 23.2 Å². The summed E-state index contributed by atoms with van der Waals surface area (Å²) in [5, 5.41) is 9.48. The Morgan fingerprint density at radius 3 is 3.00 bits per heavy atom. The normalized spacial score (nSPS) is 10.0. The number of aromatic nitrogens is 2. The van der Waals surface area contributed by atoms with Gasteiger partial charge in [0.1, 0.15) is 5.75 Å². The molecule has 0 saturated carbocycles. The molecule has 0 radical (unpaired) electrons. The summed E-state index contributed by atoms with van der Waals surface area (Å²) >= 11 is 5.88. The van der Waals surface area contributed by atoms with Gasteiger partial charge in [0.2, 0.25) is 0 Å². The van der Waals surface area contributed by atoms with Crippen LogP contribution in [0.4, 0.5) is 5.69 Å². The quantitative estimate of drug-likeness (QED) is 0.880. The molecule has 0 aliphatic carbocycles. The van der Waals surface area contributed by atoms with E-state index < -0.39 is 0 Å². The Balaban J connectivity index is 2.16. The minimum absolute atomic E-state index is 0.247. The first-order chi connectivity index (χ1) is 8.20. The molecule has 0 aliphatic rings. The molecular weight excluding hydrogens is 242 g/mol. The summed E-state index contributed by atoms with van der Waals surface area (Å²) in [4.78, 5) is 11.7. The number of halogens is 1. The molecule has 1 aromatic heterocycles. The van der Waals surface area contributed by atoms with Gasteiger partial charge in [0, 0.05) is 18.0 Å². The lowest BCUT2D eigenvalue weighted by Gasteiger charge is -2.07. The molecule has 0 unspecified atom stereocenters. The molecule has 0 spiro atoms. The fourth-order valence-electron chi connectivity index (χ4n) is 1.32. The van der Waals surface area contributed by atoms with E-state index in [0.717, 1.165) is 0 Å². The molecule has 0 bridgehead atoms. The molecule has 1 aromatic carbocycles. The third-order valence-electron chi connectivity index (χ3n) is 2.17. The summed E-state index contributed by atoms with van der Waals surface area (Å²) in [6.07, 6.45) is 2.96. The number of methoxy groups -OCH3 is 1. The molecule has 2 N–H and O–H groups in total. The number of amides is 1.